The van der Waals surface area contributed by atoms with E-state index < -0.39 is 11.4 Å². The minimum Gasteiger partial charge on any atom is -0.454 e. The molecule has 3 aromatic rings. The van der Waals surface area contributed by atoms with Crippen molar-refractivity contribution in [3.05, 3.63) is 54.9 Å². The molecule has 3 aliphatic rings. The van der Waals surface area contributed by atoms with Gasteiger partial charge in [-0.25, -0.2) is 15.0 Å². The molecule has 6 rings (SSSR count). The zero-order valence-corrected chi connectivity index (χ0v) is 22.4. The fraction of sp³-hybridized carbons (Fsp3) is 0.464. The number of imidazole rings is 1. The molecule has 40 heavy (non-hydrogen) atoms. The maximum absolute atomic E-state index is 14.1. The number of nitrogens with two attached hydrogens (primary N) is 1. The predicted molar refractivity (Wildman–Crippen MR) is 146 cm³/mol. The Morgan fingerprint density at radius 1 is 1.05 bits per heavy atom. The molecule has 1 saturated heterocycles. The number of nitrogens with one attached hydrogen (secondary N) is 1. The minimum absolute atomic E-state index is 0.106. The van der Waals surface area contributed by atoms with Gasteiger partial charge >= 0.3 is 0 Å². The molecule has 210 valence electrons. The van der Waals surface area contributed by atoms with Crippen molar-refractivity contribution >= 4 is 17.6 Å². The molecule has 12 nitrogen and oxygen atoms in total. The summed E-state index contributed by atoms with van der Waals surface area (Å²) in [6.45, 7) is 1.80. The molecular weight excluding hydrogens is 512 g/mol. The summed E-state index contributed by atoms with van der Waals surface area (Å²) in [4.78, 5) is 44.4. The van der Waals surface area contributed by atoms with Crippen LogP contribution in [0, 0.1) is 0 Å². The largest absolute Gasteiger partial charge is 0.454 e. The fourth-order valence-electron chi connectivity index (χ4n) is 6.09. The number of piperazine rings is 1. The average Bonchev–Trinajstić information content (AvgIpc) is 3.70. The second-order valence-electron chi connectivity index (χ2n) is 10.5. The number of hydrogen-bond acceptors (Lipinski definition) is 9. The van der Waals surface area contributed by atoms with Gasteiger partial charge < -0.3 is 25.4 Å². The van der Waals surface area contributed by atoms with E-state index in [0.717, 1.165) is 31.2 Å². The number of carbonyl (C=O) groups excluding carboxylic acids is 2. The van der Waals surface area contributed by atoms with Gasteiger partial charge in [0.1, 0.15) is 24.3 Å². The van der Waals surface area contributed by atoms with E-state index >= 15 is 0 Å². The number of aromatic nitrogens is 4. The maximum atomic E-state index is 14.1. The Bertz CT molecular complexity index is 1360. The van der Waals surface area contributed by atoms with Crippen molar-refractivity contribution in [2.24, 2.45) is 5.73 Å². The first-order chi connectivity index (χ1) is 19.5. The van der Waals surface area contributed by atoms with E-state index in [9.17, 15) is 9.59 Å². The molecule has 0 bridgehead atoms. The molecule has 1 aromatic carbocycles. The van der Waals surface area contributed by atoms with Gasteiger partial charge in [0.25, 0.3) is 5.91 Å². The van der Waals surface area contributed by atoms with Crippen LogP contribution in [0.5, 0.6) is 11.5 Å². The summed E-state index contributed by atoms with van der Waals surface area (Å²) in [5, 5.41) is 3.04. The van der Waals surface area contributed by atoms with Crippen molar-refractivity contribution in [3.63, 3.8) is 0 Å². The van der Waals surface area contributed by atoms with Gasteiger partial charge in [0.05, 0.1) is 6.54 Å². The summed E-state index contributed by atoms with van der Waals surface area (Å²) in [5.41, 5.74) is 5.62. The van der Waals surface area contributed by atoms with Crippen LogP contribution in [0.3, 0.4) is 0 Å². The van der Waals surface area contributed by atoms with Crippen molar-refractivity contribution in [3.8, 4) is 17.3 Å². The first kappa shape index (κ1) is 26.1. The van der Waals surface area contributed by atoms with E-state index in [4.69, 9.17) is 15.2 Å². The quantitative estimate of drug-likeness (QED) is 0.402. The standard InChI is InChI=1S/C28H34N8O4/c29-26(37)28(27(38)31-9-8-20-6-7-22-23(14-20)40-19-39-22)16-34(12-13-36(28)21-4-2-1-3-5-21)24-15-25(33-17-32-24)35-11-10-30-18-35/h6-7,10-11,14-15,17-18,21H,1-5,8-9,12-13,16,19H2,(H2,29,37)(H,31,38). The van der Waals surface area contributed by atoms with Crippen LogP contribution in [0.2, 0.25) is 0 Å². The van der Waals surface area contributed by atoms with Gasteiger partial charge in [0.15, 0.2) is 17.0 Å². The van der Waals surface area contributed by atoms with Crippen molar-refractivity contribution in [2.45, 2.75) is 50.1 Å². The zero-order chi connectivity index (χ0) is 27.5. The minimum atomic E-state index is -1.53. The molecule has 3 N–H and O–H groups in total. The molecule has 1 saturated carbocycles. The van der Waals surface area contributed by atoms with E-state index in [0.29, 0.717) is 49.2 Å². The summed E-state index contributed by atoms with van der Waals surface area (Å²) >= 11 is 0. The number of primary amides is 1. The molecule has 1 unspecified atom stereocenters. The van der Waals surface area contributed by atoms with E-state index in [2.05, 4.69) is 25.2 Å². The lowest BCUT2D eigenvalue weighted by atomic mass is 9.85. The number of ether oxygens (including phenoxy) is 2. The first-order valence-electron chi connectivity index (χ1n) is 13.8. The number of anilines is 1. The van der Waals surface area contributed by atoms with Crippen LogP contribution in [0.1, 0.15) is 37.7 Å². The normalized spacial score (nSPS) is 21.4. The van der Waals surface area contributed by atoms with E-state index in [-0.39, 0.29) is 25.3 Å². The molecule has 0 radical (unpaired) electrons. The number of benzene rings is 1. The van der Waals surface area contributed by atoms with Crippen molar-refractivity contribution < 1.29 is 19.1 Å². The number of carbonyl (C=O) groups is 2. The number of rotatable bonds is 8. The highest BCUT2D eigenvalue weighted by Crippen LogP contribution is 2.34. The predicted octanol–water partition coefficient (Wildman–Crippen LogP) is 1.43. The number of hydrogen-bond donors (Lipinski definition) is 2. The summed E-state index contributed by atoms with van der Waals surface area (Å²) in [5.74, 6) is 1.67. The monoisotopic (exact) mass is 546 g/mol. The van der Waals surface area contributed by atoms with Gasteiger partial charge in [-0.05, 0) is 37.0 Å². The molecule has 1 aliphatic carbocycles. The third kappa shape index (κ3) is 4.94. The Labute approximate surface area is 232 Å². The first-order valence-corrected chi connectivity index (χ1v) is 13.8. The average molecular weight is 547 g/mol. The van der Waals surface area contributed by atoms with Crippen LogP contribution in [0.4, 0.5) is 5.82 Å². The number of amides is 2. The zero-order valence-electron chi connectivity index (χ0n) is 22.4. The lowest BCUT2D eigenvalue weighted by molar-refractivity contribution is -0.148. The third-order valence-corrected chi connectivity index (χ3v) is 8.19. The van der Waals surface area contributed by atoms with Crippen molar-refractivity contribution in [2.75, 3.05) is 37.9 Å². The van der Waals surface area contributed by atoms with E-state index in [1.54, 1.807) is 23.3 Å². The highest BCUT2D eigenvalue weighted by atomic mass is 16.7. The van der Waals surface area contributed by atoms with Crippen LogP contribution in [-0.4, -0.2) is 80.8 Å². The molecule has 12 heteroatoms. The Hall–Kier alpha value is -4.19. The molecule has 4 heterocycles. The Kier molecular flexibility index (Phi) is 7.25. The Morgan fingerprint density at radius 3 is 2.67 bits per heavy atom. The lowest BCUT2D eigenvalue weighted by Gasteiger charge is -2.51. The maximum Gasteiger partial charge on any atom is 0.252 e. The molecule has 2 fully saturated rings. The molecule has 2 amide bonds. The Balaban J connectivity index is 1.25. The fourth-order valence-corrected chi connectivity index (χ4v) is 6.09. The summed E-state index contributed by atoms with van der Waals surface area (Å²) < 4.78 is 12.7. The van der Waals surface area contributed by atoms with Crippen LogP contribution in [-0.2, 0) is 16.0 Å². The van der Waals surface area contributed by atoms with Crippen molar-refractivity contribution in [1.29, 1.82) is 0 Å². The van der Waals surface area contributed by atoms with Gasteiger partial charge in [-0.2, -0.15) is 0 Å². The highest BCUT2D eigenvalue weighted by molar-refractivity contribution is 6.10. The van der Waals surface area contributed by atoms with Gasteiger partial charge in [0, 0.05) is 44.1 Å². The second-order valence-corrected chi connectivity index (χ2v) is 10.5. The van der Waals surface area contributed by atoms with Gasteiger partial charge in [-0.15, -0.1) is 0 Å². The van der Waals surface area contributed by atoms with Crippen LogP contribution in [0.25, 0.3) is 5.82 Å². The van der Waals surface area contributed by atoms with Crippen LogP contribution < -0.4 is 25.4 Å². The van der Waals surface area contributed by atoms with Gasteiger partial charge in [-0.3, -0.25) is 19.1 Å². The van der Waals surface area contributed by atoms with Crippen LogP contribution >= 0.6 is 0 Å². The smallest absolute Gasteiger partial charge is 0.252 e. The van der Waals surface area contributed by atoms with Crippen molar-refractivity contribution in [1.82, 2.24) is 29.7 Å². The molecular formula is C28H34N8O4. The lowest BCUT2D eigenvalue weighted by Crippen LogP contribution is -2.76. The molecule has 2 aliphatic heterocycles. The number of fused-ring (bicyclic) bond motifs is 1. The number of nitrogens with zero attached hydrogens (tertiary/aromatic N) is 6. The summed E-state index contributed by atoms with van der Waals surface area (Å²) in [6, 6.07) is 7.69. The molecule has 2 aromatic heterocycles. The summed E-state index contributed by atoms with van der Waals surface area (Å²) in [7, 11) is 0. The Morgan fingerprint density at radius 2 is 1.88 bits per heavy atom. The van der Waals surface area contributed by atoms with Gasteiger partial charge in [0.2, 0.25) is 12.7 Å². The molecule has 0 spiro atoms. The van der Waals surface area contributed by atoms with E-state index in [1.807, 2.05) is 29.2 Å². The molecule has 1 atom stereocenters. The third-order valence-electron chi connectivity index (χ3n) is 8.19. The van der Waals surface area contributed by atoms with Crippen LogP contribution in [0.15, 0.2) is 49.3 Å². The highest BCUT2D eigenvalue weighted by Gasteiger charge is 2.55. The van der Waals surface area contributed by atoms with E-state index in [1.165, 1.54) is 12.7 Å². The second kappa shape index (κ2) is 11.1. The van der Waals surface area contributed by atoms with Gasteiger partial charge in [-0.1, -0.05) is 25.3 Å². The summed E-state index contributed by atoms with van der Waals surface area (Å²) in [6.07, 6.45) is 12.4. The topological polar surface area (TPSA) is 141 Å². The SMILES string of the molecule is NC(=O)C1(C(=O)NCCc2ccc3c(c2)OCO3)CN(c2cc(-n3ccnc3)ncn2)CCN1C1CCCCC1.